The van der Waals surface area contributed by atoms with Crippen LogP contribution in [0.5, 0.6) is 0 Å². The van der Waals surface area contributed by atoms with Gasteiger partial charge in [0.1, 0.15) is 0 Å². The Bertz CT molecular complexity index is 1750. The highest BCUT2D eigenvalue weighted by Gasteiger charge is 2.51. The van der Waals surface area contributed by atoms with Crippen LogP contribution in [0.25, 0.3) is 33.8 Å². The zero-order valence-corrected chi connectivity index (χ0v) is 22.3. The molecule has 4 aromatic carbocycles. The van der Waals surface area contributed by atoms with Crippen LogP contribution in [0.15, 0.2) is 127 Å². The third kappa shape index (κ3) is 3.63. The molecule has 2 unspecified atom stereocenters. The first-order valence-electron chi connectivity index (χ1n) is 13.7. The second-order valence-corrected chi connectivity index (χ2v) is 10.7. The fraction of sp³-hybridized carbons (Fsp3) is 0.135. The van der Waals surface area contributed by atoms with Crippen LogP contribution in [0, 0.1) is 12.8 Å². The van der Waals surface area contributed by atoms with E-state index in [1.165, 1.54) is 27.8 Å². The molecule has 39 heavy (non-hydrogen) atoms. The van der Waals surface area contributed by atoms with Gasteiger partial charge in [-0.2, -0.15) is 0 Å². The summed E-state index contributed by atoms with van der Waals surface area (Å²) in [5.74, 6) is 0.928. The lowest BCUT2D eigenvalue weighted by Gasteiger charge is -2.38. The highest BCUT2D eigenvalue weighted by molar-refractivity contribution is 5.92. The van der Waals surface area contributed by atoms with E-state index in [0.717, 1.165) is 40.3 Å². The molecule has 1 spiro atoms. The summed E-state index contributed by atoms with van der Waals surface area (Å²) in [7, 11) is 0. The van der Waals surface area contributed by atoms with Crippen LogP contribution in [-0.4, -0.2) is 9.97 Å². The van der Waals surface area contributed by atoms with E-state index in [9.17, 15) is 0 Å². The Labute approximate surface area is 230 Å². The van der Waals surface area contributed by atoms with Crippen molar-refractivity contribution in [3.05, 3.63) is 155 Å². The average molecular weight is 503 g/mol. The lowest BCUT2D eigenvalue weighted by molar-refractivity contribution is 0.478. The van der Waals surface area contributed by atoms with Crippen LogP contribution >= 0.6 is 0 Å². The highest BCUT2D eigenvalue weighted by Crippen LogP contribution is 2.58. The van der Waals surface area contributed by atoms with Crippen molar-refractivity contribution in [3.8, 4) is 33.8 Å². The Morgan fingerprint density at radius 3 is 2.23 bits per heavy atom. The number of rotatable bonds is 2. The molecule has 0 fully saturated rings. The molecule has 0 radical (unpaired) electrons. The largest absolute Gasteiger partial charge is 0.231 e. The summed E-state index contributed by atoms with van der Waals surface area (Å²) in [5.41, 5.74) is 11.4. The fourth-order valence-electron chi connectivity index (χ4n) is 6.52. The Morgan fingerprint density at radius 2 is 1.41 bits per heavy atom. The summed E-state index contributed by atoms with van der Waals surface area (Å²) < 4.78 is 0. The van der Waals surface area contributed by atoms with E-state index in [1.54, 1.807) is 0 Å². The van der Waals surface area contributed by atoms with E-state index in [-0.39, 0.29) is 5.92 Å². The SMILES string of the molecule is Cc1ccc(-c2nc(-c3ccccc3)nc3c2-c2ccccc2C32c3ccccc3C/C=C\C=C/C2C)cc1. The predicted molar refractivity (Wildman–Crippen MR) is 161 cm³/mol. The molecule has 1 heterocycles. The van der Waals surface area contributed by atoms with Gasteiger partial charge < -0.3 is 0 Å². The molecule has 7 rings (SSSR count). The number of allylic oxidation sites excluding steroid dienone is 4. The normalized spacial score (nSPS) is 20.7. The van der Waals surface area contributed by atoms with Gasteiger partial charge in [0.25, 0.3) is 0 Å². The Balaban J connectivity index is 1.66. The molecule has 0 bridgehead atoms. The van der Waals surface area contributed by atoms with Crippen molar-refractivity contribution in [1.29, 1.82) is 0 Å². The van der Waals surface area contributed by atoms with Gasteiger partial charge in [0.2, 0.25) is 0 Å². The lowest BCUT2D eigenvalue weighted by Crippen LogP contribution is -2.36. The first-order chi connectivity index (χ1) is 19.2. The van der Waals surface area contributed by atoms with Crippen molar-refractivity contribution in [2.24, 2.45) is 5.92 Å². The highest BCUT2D eigenvalue weighted by atomic mass is 14.9. The van der Waals surface area contributed by atoms with Crippen molar-refractivity contribution >= 4 is 0 Å². The predicted octanol–water partition coefficient (Wildman–Crippen LogP) is 8.74. The molecule has 5 aromatic rings. The van der Waals surface area contributed by atoms with E-state index in [1.807, 2.05) is 6.07 Å². The van der Waals surface area contributed by atoms with Crippen LogP contribution in [0.4, 0.5) is 0 Å². The van der Waals surface area contributed by atoms with E-state index in [0.29, 0.717) is 0 Å². The molecule has 0 N–H and O–H groups in total. The molecule has 0 amide bonds. The molecular formula is C37H30N2. The molecule has 0 saturated carbocycles. The van der Waals surface area contributed by atoms with Gasteiger partial charge in [0, 0.05) is 16.7 Å². The van der Waals surface area contributed by atoms with Crippen LogP contribution in [0.2, 0.25) is 0 Å². The van der Waals surface area contributed by atoms with Crippen molar-refractivity contribution in [3.63, 3.8) is 0 Å². The van der Waals surface area contributed by atoms with Crippen LogP contribution in [0.1, 0.15) is 34.9 Å². The van der Waals surface area contributed by atoms with Gasteiger partial charge in [-0.15, -0.1) is 0 Å². The van der Waals surface area contributed by atoms with Crippen LogP contribution in [-0.2, 0) is 11.8 Å². The molecule has 0 saturated heterocycles. The number of fused-ring (bicyclic) bond motifs is 7. The lowest BCUT2D eigenvalue weighted by atomic mass is 9.65. The number of benzene rings is 4. The Kier molecular flexibility index (Phi) is 5.63. The van der Waals surface area contributed by atoms with Crippen molar-refractivity contribution < 1.29 is 0 Å². The summed E-state index contributed by atoms with van der Waals surface area (Å²) >= 11 is 0. The third-order valence-corrected chi connectivity index (χ3v) is 8.37. The summed E-state index contributed by atoms with van der Waals surface area (Å²) in [4.78, 5) is 10.8. The van der Waals surface area contributed by atoms with Crippen molar-refractivity contribution in [1.82, 2.24) is 9.97 Å². The molecule has 2 atom stereocenters. The number of hydrogen-bond donors (Lipinski definition) is 0. The molecule has 1 aromatic heterocycles. The second kappa shape index (κ2) is 9.32. The van der Waals surface area contributed by atoms with Gasteiger partial charge in [0.05, 0.1) is 16.8 Å². The monoisotopic (exact) mass is 502 g/mol. The molecule has 2 aliphatic carbocycles. The van der Waals surface area contributed by atoms with Gasteiger partial charge >= 0.3 is 0 Å². The smallest absolute Gasteiger partial charge is 0.160 e. The maximum Gasteiger partial charge on any atom is 0.160 e. The van der Waals surface area contributed by atoms with E-state index < -0.39 is 5.41 Å². The first-order valence-corrected chi connectivity index (χ1v) is 13.7. The number of hydrogen-bond acceptors (Lipinski definition) is 2. The maximum absolute atomic E-state index is 5.51. The quantitative estimate of drug-likeness (QED) is 0.241. The fourth-order valence-corrected chi connectivity index (χ4v) is 6.52. The molecular weight excluding hydrogens is 472 g/mol. The number of aryl methyl sites for hydroxylation is 1. The summed E-state index contributed by atoms with van der Waals surface area (Å²) in [6.45, 7) is 4.47. The standard InChI is InChI=1S/C37H30N2/c1-25-21-23-28(24-22-25)34-33-30-18-10-12-20-32(30)37(35(33)39-36(38-34)29-16-7-4-8-17-29)26(2)13-5-3-6-14-27-15-9-11-19-31(27)37/h3-13,15-24,26H,14H2,1-2H3/b6-3-,13-5-. The van der Waals surface area contributed by atoms with Gasteiger partial charge in [-0.25, -0.2) is 9.97 Å². The molecule has 2 aliphatic rings. The number of aromatic nitrogens is 2. The minimum Gasteiger partial charge on any atom is -0.231 e. The molecule has 188 valence electrons. The zero-order valence-electron chi connectivity index (χ0n) is 22.3. The third-order valence-electron chi connectivity index (χ3n) is 8.37. The minimum absolute atomic E-state index is 0.160. The van der Waals surface area contributed by atoms with Gasteiger partial charge in [-0.1, -0.05) is 140 Å². The van der Waals surface area contributed by atoms with Crippen LogP contribution in [0.3, 0.4) is 0 Å². The average Bonchev–Trinajstić information content (AvgIpc) is 3.31. The Hall–Kier alpha value is -4.56. The maximum atomic E-state index is 5.51. The van der Waals surface area contributed by atoms with Crippen molar-refractivity contribution in [2.45, 2.75) is 25.7 Å². The number of nitrogens with zero attached hydrogens (tertiary/aromatic N) is 2. The first kappa shape index (κ1) is 23.5. The topological polar surface area (TPSA) is 25.8 Å². The van der Waals surface area contributed by atoms with E-state index in [2.05, 4.69) is 135 Å². The summed E-state index contributed by atoms with van der Waals surface area (Å²) in [5, 5.41) is 0. The second-order valence-electron chi connectivity index (χ2n) is 10.7. The van der Waals surface area contributed by atoms with Gasteiger partial charge in [-0.3, -0.25) is 0 Å². The summed E-state index contributed by atoms with van der Waals surface area (Å²) in [6, 6.07) is 37.0. The molecule has 0 aliphatic heterocycles. The molecule has 2 heteroatoms. The van der Waals surface area contributed by atoms with Crippen LogP contribution < -0.4 is 0 Å². The van der Waals surface area contributed by atoms with E-state index >= 15 is 0 Å². The van der Waals surface area contributed by atoms with Gasteiger partial charge in [-0.05, 0) is 41.5 Å². The van der Waals surface area contributed by atoms with Gasteiger partial charge in [0.15, 0.2) is 5.82 Å². The molecule has 2 nitrogen and oxygen atoms in total. The van der Waals surface area contributed by atoms with E-state index in [4.69, 9.17) is 9.97 Å². The van der Waals surface area contributed by atoms with Crippen molar-refractivity contribution in [2.75, 3.05) is 0 Å². The summed E-state index contributed by atoms with van der Waals surface area (Å²) in [6.07, 6.45) is 9.88. The zero-order chi connectivity index (χ0) is 26.4. The Morgan fingerprint density at radius 1 is 0.692 bits per heavy atom. The minimum atomic E-state index is -0.447.